The minimum absolute atomic E-state index is 0. The summed E-state index contributed by atoms with van der Waals surface area (Å²) in [6, 6.07) is 9.47. The molecule has 1 fully saturated rings. The van der Waals surface area contributed by atoms with Crippen LogP contribution in [0, 0.1) is 5.41 Å². The molecule has 0 bridgehead atoms. The monoisotopic (exact) mass is 387 g/mol. The second-order valence-electron chi connectivity index (χ2n) is 5.67. The fraction of sp³-hybridized carbons (Fsp3) is 0.438. The predicted octanol–water partition coefficient (Wildman–Crippen LogP) is 0.764. The Bertz CT molecular complexity index is 696. The number of hydrogen-bond donors (Lipinski definition) is 1. The van der Waals surface area contributed by atoms with Crippen LogP contribution in [0.1, 0.15) is 23.2 Å². The van der Waals surface area contributed by atoms with E-state index < -0.39 is 0 Å². The van der Waals surface area contributed by atoms with Gasteiger partial charge < -0.3 is 9.42 Å². The quantitative estimate of drug-likeness (QED) is 0.584. The molecule has 2 heterocycles. The molecule has 0 radical (unpaired) electrons. The number of carbonyl (C=O) groups excluding carboxylic acids is 1. The average molecular weight is 388 g/mol. The van der Waals surface area contributed by atoms with Crippen molar-refractivity contribution in [3.63, 3.8) is 0 Å². The van der Waals surface area contributed by atoms with Gasteiger partial charge in [-0.3, -0.25) is 15.2 Å². The minimum atomic E-state index is 0. The highest BCUT2D eigenvalue weighted by Gasteiger charge is 2.18. The molecule has 0 atom stereocenters. The van der Waals surface area contributed by atoms with Crippen molar-refractivity contribution in [2.24, 2.45) is 0 Å². The Hall–Kier alpha value is -1.83. The van der Waals surface area contributed by atoms with Gasteiger partial charge in [-0.25, -0.2) is 0 Å². The lowest BCUT2D eigenvalue weighted by Gasteiger charge is -2.35. The number of ketones is 1. The first kappa shape index (κ1) is 21.2. The van der Waals surface area contributed by atoms with Crippen LogP contribution in [-0.2, 0) is 0 Å². The minimum Gasteiger partial charge on any atom is -0.380 e. The van der Waals surface area contributed by atoms with Crippen molar-refractivity contribution >= 4 is 30.6 Å². The number of aromatic nitrogens is 2. The number of carbonyl (C=O) groups is 1. The summed E-state index contributed by atoms with van der Waals surface area (Å²) < 4.78 is 4.76. The third kappa shape index (κ3) is 5.88. The van der Waals surface area contributed by atoms with E-state index in [1.165, 1.54) is 0 Å². The Morgan fingerprint density at radius 2 is 1.84 bits per heavy atom. The lowest BCUT2D eigenvalue weighted by molar-refractivity contribution is -0.764. The van der Waals surface area contributed by atoms with E-state index in [1.807, 2.05) is 35.3 Å². The van der Waals surface area contributed by atoms with Crippen LogP contribution in [0.2, 0.25) is 0 Å². The van der Waals surface area contributed by atoms with Gasteiger partial charge in [-0.05, 0) is 18.2 Å². The van der Waals surface area contributed by atoms with E-state index in [-0.39, 0.29) is 36.2 Å². The Morgan fingerprint density at radius 3 is 2.44 bits per heavy atom. The number of hydrogen-bond acceptors (Lipinski definition) is 5. The zero-order chi connectivity index (χ0) is 16.1. The molecule has 1 aromatic heterocycles. The Kier molecular flexibility index (Phi) is 8.68. The summed E-state index contributed by atoms with van der Waals surface area (Å²) in [5.41, 5.74) is 0.859. The molecule has 3 rings (SSSR count). The van der Waals surface area contributed by atoms with Gasteiger partial charge in [-0.1, -0.05) is 35.1 Å². The molecule has 1 saturated heterocycles. The van der Waals surface area contributed by atoms with Crippen molar-refractivity contribution in [3.05, 3.63) is 47.6 Å². The highest BCUT2D eigenvalue weighted by molar-refractivity contribution is 5.95. The van der Waals surface area contributed by atoms with E-state index in [4.69, 9.17) is 9.93 Å². The highest BCUT2D eigenvalue weighted by Crippen LogP contribution is 2.06. The molecule has 1 aromatic carbocycles. The van der Waals surface area contributed by atoms with Crippen molar-refractivity contribution < 1.29 is 14.1 Å². The average Bonchev–Trinajstić information content (AvgIpc) is 3.03. The first-order valence-corrected chi connectivity index (χ1v) is 7.88. The topological polar surface area (TPSA) is 78.5 Å². The van der Waals surface area contributed by atoms with Gasteiger partial charge in [-0.2, -0.15) is 0 Å². The summed E-state index contributed by atoms with van der Waals surface area (Å²) in [6.07, 6.45) is 3.03. The van der Waals surface area contributed by atoms with Crippen molar-refractivity contribution in [2.45, 2.75) is 12.8 Å². The third-order valence-electron chi connectivity index (χ3n) is 4.07. The van der Waals surface area contributed by atoms with Crippen molar-refractivity contribution in [2.75, 3.05) is 37.7 Å². The van der Waals surface area contributed by atoms with Crippen LogP contribution in [0.4, 0.5) is 0 Å². The van der Waals surface area contributed by atoms with Crippen LogP contribution in [0.15, 0.2) is 41.1 Å². The van der Waals surface area contributed by atoms with Crippen molar-refractivity contribution in [3.8, 4) is 0 Å². The number of rotatable bonds is 6. The van der Waals surface area contributed by atoms with E-state index in [1.54, 1.807) is 11.0 Å². The van der Waals surface area contributed by atoms with Crippen molar-refractivity contribution in [1.29, 1.82) is 5.41 Å². The Labute approximate surface area is 158 Å². The van der Waals surface area contributed by atoms with E-state index >= 15 is 0 Å². The summed E-state index contributed by atoms with van der Waals surface area (Å²) in [6.45, 7) is 4.45. The summed E-state index contributed by atoms with van der Waals surface area (Å²) in [5.74, 6) is 0.213. The van der Waals surface area contributed by atoms with E-state index in [0.29, 0.717) is 6.42 Å². The van der Waals surface area contributed by atoms with E-state index in [2.05, 4.69) is 10.2 Å². The summed E-state index contributed by atoms with van der Waals surface area (Å²) in [7, 11) is 0. The van der Waals surface area contributed by atoms with Crippen LogP contribution < -0.4 is 20.6 Å². The molecule has 1 aliphatic rings. The molecule has 1 aliphatic heterocycles. The summed E-state index contributed by atoms with van der Waals surface area (Å²) >= 11 is 0. The van der Waals surface area contributed by atoms with Gasteiger partial charge in [0, 0.05) is 38.2 Å². The van der Waals surface area contributed by atoms with Crippen LogP contribution >= 0.6 is 24.8 Å². The molecule has 0 spiro atoms. The highest BCUT2D eigenvalue weighted by atomic mass is 35.5. The van der Waals surface area contributed by atoms with E-state index in [9.17, 15) is 4.79 Å². The molecule has 0 unspecified atom stereocenters. The number of halogens is 2. The SMILES string of the molecule is Cl.Cl.N=c1c[n+](N2CCN(CCCC(=O)c3ccccc3)CC2)[n-]o1. The number of Topliss-reactive ketones (excluding diaryl/α,β-unsaturated/α-hetero) is 1. The summed E-state index contributed by atoms with van der Waals surface area (Å²) in [5, 5.41) is 13.2. The maximum absolute atomic E-state index is 12.1. The lowest BCUT2D eigenvalue weighted by atomic mass is 10.1. The van der Waals surface area contributed by atoms with Crippen LogP contribution in [0.3, 0.4) is 0 Å². The van der Waals surface area contributed by atoms with E-state index in [0.717, 1.165) is 44.7 Å². The fourth-order valence-corrected chi connectivity index (χ4v) is 2.77. The number of piperazine rings is 1. The van der Waals surface area contributed by atoms with Crippen LogP contribution in [0.25, 0.3) is 0 Å². The molecular formula is C16H23Cl2N5O2. The first-order chi connectivity index (χ1) is 11.2. The molecule has 1 N–H and O–H groups in total. The summed E-state index contributed by atoms with van der Waals surface area (Å²) in [4.78, 5) is 16.0. The zero-order valence-electron chi connectivity index (χ0n) is 13.8. The smallest absolute Gasteiger partial charge is 0.286 e. The molecule has 138 valence electrons. The molecule has 9 heteroatoms. The fourth-order valence-electron chi connectivity index (χ4n) is 2.77. The van der Waals surface area contributed by atoms with Gasteiger partial charge >= 0.3 is 0 Å². The van der Waals surface area contributed by atoms with Crippen molar-refractivity contribution in [1.82, 2.24) is 10.2 Å². The Morgan fingerprint density at radius 1 is 1.16 bits per heavy atom. The van der Waals surface area contributed by atoms with Gasteiger partial charge in [0.15, 0.2) is 5.78 Å². The Balaban J connectivity index is 0.00000156. The maximum atomic E-state index is 12.1. The van der Waals surface area contributed by atoms with Gasteiger partial charge in [0.05, 0.1) is 0 Å². The van der Waals surface area contributed by atoms with Gasteiger partial charge in [0.25, 0.3) is 11.8 Å². The standard InChI is InChI=1S/C16H21N5O2.2ClH/c17-16-13-21(18-23-16)20-11-9-19(10-12-20)8-4-7-15(22)14-5-2-1-3-6-14;;/h1-3,5-6,13,17H,4,7-12H2;2*1H. The zero-order valence-corrected chi connectivity index (χ0v) is 15.5. The van der Waals surface area contributed by atoms with Gasteiger partial charge in [0.1, 0.15) is 0 Å². The van der Waals surface area contributed by atoms with Crippen LogP contribution in [0.5, 0.6) is 0 Å². The predicted molar refractivity (Wildman–Crippen MR) is 97.0 cm³/mol. The van der Waals surface area contributed by atoms with Crippen LogP contribution in [-0.4, -0.2) is 43.4 Å². The lowest BCUT2D eigenvalue weighted by Crippen LogP contribution is -2.66. The molecule has 25 heavy (non-hydrogen) atoms. The molecule has 0 aliphatic carbocycles. The second-order valence-corrected chi connectivity index (χ2v) is 5.67. The molecular weight excluding hydrogens is 365 g/mol. The third-order valence-corrected chi connectivity index (χ3v) is 4.07. The number of nitrogens with one attached hydrogen (secondary N) is 1. The second kappa shape index (κ2) is 10.2. The molecule has 7 nitrogen and oxygen atoms in total. The molecule has 0 amide bonds. The normalized spacial score (nSPS) is 14.5. The maximum Gasteiger partial charge on any atom is 0.286 e. The molecule has 0 saturated carbocycles. The first-order valence-electron chi connectivity index (χ1n) is 7.88. The number of nitrogens with zero attached hydrogens (tertiary/aromatic N) is 4. The molecule has 2 aromatic rings. The van der Waals surface area contributed by atoms with Gasteiger partial charge in [0.2, 0.25) is 0 Å². The van der Waals surface area contributed by atoms with Gasteiger partial charge in [-0.15, -0.1) is 24.8 Å². The largest absolute Gasteiger partial charge is 0.380 e. The number of benzene rings is 1.